The summed E-state index contributed by atoms with van der Waals surface area (Å²) in [4.78, 5) is 11.9. The molecule has 1 rings (SSSR count). The largest absolute Gasteiger partial charge is 0.348 e. The molecule has 1 aromatic carbocycles. The molecule has 0 spiro atoms. The Morgan fingerprint density at radius 3 is 2.37 bits per heavy atom. The van der Waals surface area contributed by atoms with Crippen LogP contribution in [0.15, 0.2) is 28.7 Å². The molecule has 2 unspecified atom stereocenters. The molecule has 2 atom stereocenters. The number of amides is 1. The van der Waals surface area contributed by atoms with E-state index in [4.69, 9.17) is 0 Å². The van der Waals surface area contributed by atoms with E-state index in [9.17, 15) is 4.79 Å². The van der Waals surface area contributed by atoms with Gasteiger partial charge in [0, 0.05) is 10.5 Å². The number of hydrogen-bond donors (Lipinski definition) is 2. The van der Waals surface area contributed by atoms with Crippen LogP contribution in [0.5, 0.6) is 0 Å². The molecule has 19 heavy (non-hydrogen) atoms. The summed E-state index contributed by atoms with van der Waals surface area (Å²) in [5, 5.41) is 6.27. The van der Waals surface area contributed by atoms with E-state index in [0.717, 1.165) is 22.9 Å². The average molecular weight is 327 g/mol. The van der Waals surface area contributed by atoms with Crippen LogP contribution in [-0.2, 0) is 4.79 Å². The van der Waals surface area contributed by atoms with Crippen LogP contribution in [-0.4, -0.2) is 18.5 Å². The van der Waals surface area contributed by atoms with E-state index in [1.165, 1.54) is 0 Å². The van der Waals surface area contributed by atoms with Crippen LogP contribution in [0.2, 0.25) is 0 Å². The van der Waals surface area contributed by atoms with Crippen molar-refractivity contribution in [2.24, 2.45) is 0 Å². The number of carbonyl (C=O) groups is 1. The van der Waals surface area contributed by atoms with Crippen LogP contribution in [0, 0.1) is 0 Å². The van der Waals surface area contributed by atoms with Crippen molar-refractivity contribution in [3.8, 4) is 0 Å². The third-order valence-corrected chi connectivity index (χ3v) is 3.77. The van der Waals surface area contributed by atoms with Crippen LogP contribution < -0.4 is 10.6 Å². The van der Waals surface area contributed by atoms with Crippen molar-refractivity contribution in [2.45, 2.75) is 45.7 Å². The van der Waals surface area contributed by atoms with Crippen molar-refractivity contribution >= 4 is 21.8 Å². The van der Waals surface area contributed by atoms with Crippen molar-refractivity contribution in [1.82, 2.24) is 10.6 Å². The lowest BCUT2D eigenvalue weighted by Gasteiger charge is -2.19. The molecule has 0 fully saturated rings. The lowest BCUT2D eigenvalue weighted by Crippen LogP contribution is -2.39. The fraction of sp³-hybridized carbons (Fsp3) is 0.533. The van der Waals surface area contributed by atoms with E-state index in [2.05, 4.69) is 47.3 Å². The number of halogens is 1. The molecule has 0 bridgehead atoms. The second kappa shape index (κ2) is 8.33. The van der Waals surface area contributed by atoms with Crippen LogP contribution in [0.1, 0.15) is 45.2 Å². The van der Waals surface area contributed by atoms with Gasteiger partial charge < -0.3 is 10.6 Å². The number of carbonyl (C=O) groups excluding carboxylic acids is 1. The van der Waals surface area contributed by atoms with Gasteiger partial charge in [0.15, 0.2) is 0 Å². The summed E-state index contributed by atoms with van der Waals surface area (Å²) in [5.41, 5.74) is 1.14. The zero-order chi connectivity index (χ0) is 14.3. The van der Waals surface area contributed by atoms with Crippen LogP contribution >= 0.6 is 15.9 Å². The normalized spacial score (nSPS) is 13.9. The molecule has 0 aliphatic rings. The van der Waals surface area contributed by atoms with Crippen LogP contribution in [0.25, 0.3) is 0 Å². The fourth-order valence-electron chi connectivity index (χ4n) is 1.77. The SMILES string of the molecule is CCC(C)NCC(=O)NC(CC)c1ccc(Br)cc1. The Morgan fingerprint density at radius 2 is 1.84 bits per heavy atom. The molecule has 0 radical (unpaired) electrons. The smallest absolute Gasteiger partial charge is 0.234 e. The first-order valence-corrected chi connectivity index (χ1v) is 7.64. The summed E-state index contributed by atoms with van der Waals surface area (Å²) in [6, 6.07) is 8.54. The standard InChI is InChI=1S/C15H23BrN2O/c1-4-11(3)17-10-15(19)18-14(5-2)12-6-8-13(16)9-7-12/h6-9,11,14,17H,4-5,10H2,1-3H3,(H,18,19). The second-order valence-corrected chi connectivity index (χ2v) is 5.69. The van der Waals surface area contributed by atoms with E-state index in [1.807, 2.05) is 24.3 Å². The number of hydrogen-bond acceptors (Lipinski definition) is 2. The Labute approximate surface area is 124 Å². The summed E-state index contributed by atoms with van der Waals surface area (Å²) in [7, 11) is 0. The molecule has 3 nitrogen and oxygen atoms in total. The Hall–Kier alpha value is -0.870. The van der Waals surface area contributed by atoms with Crippen molar-refractivity contribution in [2.75, 3.05) is 6.54 Å². The molecule has 0 aliphatic heterocycles. The highest BCUT2D eigenvalue weighted by molar-refractivity contribution is 9.10. The van der Waals surface area contributed by atoms with Crippen molar-refractivity contribution in [1.29, 1.82) is 0 Å². The predicted molar refractivity (Wildman–Crippen MR) is 83.1 cm³/mol. The Bertz CT molecular complexity index is 392. The first-order valence-electron chi connectivity index (χ1n) is 6.85. The van der Waals surface area contributed by atoms with Crippen molar-refractivity contribution in [3.05, 3.63) is 34.3 Å². The van der Waals surface area contributed by atoms with Crippen LogP contribution in [0.4, 0.5) is 0 Å². The second-order valence-electron chi connectivity index (χ2n) is 4.77. The molecule has 1 amide bonds. The first kappa shape index (κ1) is 16.2. The molecule has 106 valence electrons. The van der Waals surface area contributed by atoms with E-state index in [1.54, 1.807) is 0 Å². The first-order chi connectivity index (χ1) is 9.06. The highest BCUT2D eigenvalue weighted by Crippen LogP contribution is 2.19. The monoisotopic (exact) mass is 326 g/mol. The molecule has 0 heterocycles. The van der Waals surface area contributed by atoms with Gasteiger partial charge >= 0.3 is 0 Å². The van der Waals surface area contributed by atoms with Gasteiger partial charge in [0.25, 0.3) is 0 Å². The minimum absolute atomic E-state index is 0.0510. The molecule has 0 saturated heterocycles. The number of nitrogens with one attached hydrogen (secondary N) is 2. The van der Waals surface area contributed by atoms with Gasteiger partial charge in [-0.2, -0.15) is 0 Å². The number of benzene rings is 1. The van der Waals surface area contributed by atoms with Gasteiger partial charge in [-0.3, -0.25) is 4.79 Å². The lowest BCUT2D eigenvalue weighted by atomic mass is 10.0. The molecule has 0 saturated carbocycles. The minimum atomic E-state index is 0.0510. The molecule has 4 heteroatoms. The molecular weight excluding hydrogens is 304 g/mol. The van der Waals surface area contributed by atoms with E-state index >= 15 is 0 Å². The maximum absolute atomic E-state index is 11.9. The van der Waals surface area contributed by atoms with E-state index in [-0.39, 0.29) is 11.9 Å². The molecule has 0 aromatic heterocycles. The maximum atomic E-state index is 11.9. The van der Waals surface area contributed by atoms with Crippen LogP contribution in [0.3, 0.4) is 0 Å². The topological polar surface area (TPSA) is 41.1 Å². The van der Waals surface area contributed by atoms with Gasteiger partial charge in [0.1, 0.15) is 0 Å². The van der Waals surface area contributed by atoms with Gasteiger partial charge in [-0.15, -0.1) is 0 Å². The summed E-state index contributed by atoms with van der Waals surface area (Å²) >= 11 is 3.42. The Kier molecular flexibility index (Phi) is 7.10. The van der Waals surface area contributed by atoms with Gasteiger partial charge in [0.05, 0.1) is 12.6 Å². The highest BCUT2D eigenvalue weighted by atomic mass is 79.9. The van der Waals surface area contributed by atoms with Gasteiger partial charge in [-0.25, -0.2) is 0 Å². The molecule has 0 aliphatic carbocycles. The van der Waals surface area contributed by atoms with Crippen molar-refractivity contribution in [3.63, 3.8) is 0 Å². The average Bonchev–Trinajstić information content (AvgIpc) is 2.43. The van der Waals surface area contributed by atoms with E-state index < -0.39 is 0 Å². The zero-order valence-electron chi connectivity index (χ0n) is 11.9. The highest BCUT2D eigenvalue weighted by Gasteiger charge is 2.12. The Balaban J connectivity index is 2.52. The summed E-state index contributed by atoms with van der Waals surface area (Å²) < 4.78 is 1.05. The quantitative estimate of drug-likeness (QED) is 0.806. The van der Waals surface area contributed by atoms with E-state index in [0.29, 0.717) is 12.6 Å². The van der Waals surface area contributed by atoms with Gasteiger partial charge in [-0.05, 0) is 37.5 Å². The number of rotatable bonds is 7. The summed E-state index contributed by atoms with van der Waals surface area (Å²) in [5.74, 6) is 0.0510. The summed E-state index contributed by atoms with van der Waals surface area (Å²) in [6.07, 6.45) is 1.91. The Morgan fingerprint density at radius 1 is 1.21 bits per heavy atom. The summed E-state index contributed by atoms with van der Waals surface area (Å²) in [6.45, 7) is 6.64. The minimum Gasteiger partial charge on any atom is -0.348 e. The fourth-order valence-corrected chi connectivity index (χ4v) is 2.04. The van der Waals surface area contributed by atoms with Gasteiger partial charge in [0.2, 0.25) is 5.91 Å². The maximum Gasteiger partial charge on any atom is 0.234 e. The third-order valence-electron chi connectivity index (χ3n) is 3.24. The van der Waals surface area contributed by atoms with Gasteiger partial charge in [-0.1, -0.05) is 41.9 Å². The molecule has 2 N–H and O–H groups in total. The van der Waals surface area contributed by atoms with Crippen molar-refractivity contribution < 1.29 is 4.79 Å². The zero-order valence-corrected chi connectivity index (χ0v) is 13.5. The predicted octanol–water partition coefficient (Wildman–Crippen LogP) is 3.40. The lowest BCUT2D eigenvalue weighted by molar-refractivity contribution is -0.121. The molecular formula is C15H23BrN2O. The third kappa shape index (κ3) is 5.74. The molecule has 1 aromatic rings.